The highest BCUT2D eigenvalue weighted by atomic mass is 32.2. The maximum absolute atomic E-state index is 5.21. The van der Waals surface area contributed by atoms with Crippen LogP contribution in [0.4, 0.5) is 0 Å². The summed E-state index contributed by atoms with van der Waals surface area (Å²) in [4.78, 5) is 4.33. The summed E-state index contributed by atoms with van der Waals surface area (Å²) in [5.41, 5.74) is 1.04. The van der Waals surface area contributed by atoms with E-state index in [-0.39, 0.29) is 0 Å². The number of hydrogen-bond acceptors (Lipinski definition) is 5. The number of ether oxygens (including phenoxy) is 1. The van der Waals surface area contributed by atoms with Crippen LogP contribution in [0.1, 0.15) is 0 Å². The van der Waals surface area contributed by atoms with Gasteiger partial charge < -0.3 is 4.74 Å². The van der Waals surface area contributed by atoms with Crippen molar-refractivity contribution in [3.05, 3.63) is 54.7 Å². The van der Waals surface area contributed by atoms with Crippen molar-refractivity contribution >= 4 is 11.8 Å². The van der Waals surface area contributed by atoms with E-state index in [1.54, 1.807) is 13.3 Å². The van der Waals surface area contributed by atoms with Crippen LogP contribution in [0, 0.1) is 0 Å². The molecule has 0 spiro atoms. The molecule has 5 nitrogen and oxygen atoms in total. The maximum Gasteiger partial charge on any atom is 0.197 e. The van der Waals surface area contributed by atoms with E-state index in [1.807, 2.05) is 48.5 Å². The van der Waals surface area contributed by atoms with Gasteiger partial charge in [-0.2, -0.15) is 0 Å². The molecule has 0 bridgehead atoms. The molecule has 22 heavy (non-hydrogen) atoms. The van der Waals surface area contributed by atoms with Gasteiger partial charge in [0.05, 0.1) is 13.2 Å². The lowest BCUT2D eigenvalue weighted by molar-refractivity contribution is 0.185. The second-order valence-corrected chi connectivity index (χ2v) is 5.57. The SMILES string of the molecule is COCCn1c(Sc2ccccn2)nnc1-c1ccccc1. The fraction of sp³-hybridized carbons (Fsp3) is 0.188. The molecule has 2 aromatic heterocycles. The molecule has 0 unspecified atom stereocenters. The Hall–Kier alpha value is -2.18. The lowest BCUT2D eigenvalue weighted by Crippen LogP contribution is -2.07. The molecule has 0 atom stereocenters. The lowest BCUT2D eigenvalue weighted by atomic mass is 10.2. The molecular formula is C16H16N4OS. The predicted octanol–water partition coefficient (Wildman–Crippen LogP) is 3.14. The van der Waals surface area contributed by atoms with Crippen LogP contribution in [0.15, 0.2) is 64.9 Å². The van der Waals surface area contributed by atoms with Gasteiger partial charge in [0.15, 0.2) is 11.0 Å². The van der Waals surface area contributed by atoms with Gasteiger partial charge in [-0.15, -0.1) is 10.2 Å². The lowest BCUT2D eigenvalue weighted by Gasteiger charge is -2.09. The van der Waals surface area contributed by atoms with Gasteiger partial charge in [0, 0.05) is 18.9 Å². The van der Waals surface area contributed by atoms with E-state index in [0.717, 1.165) is 21.6 Å². The van der Waals surface area contributed by atoms with Crippen LogP contribution in [-0.4, -0.2) is 33.5 Å². The molecule has 0 N–H and O–H groups in total. The summed E-state index contributed by atoms with van der Waals surface area (Å²) >= 11 is 1.50. The first-order valence-electron chi connectivity index (χ1n) is 6.95. The fourth-order valence-corrected chi connectivity index (χ4v) is 2.87. The van der Waals surface area contributed by atoms with E-state index in [2.05, 4.69) is 19.7 Å². The first kappa shape index (κ1) is 14.7. The van der Waals surface area contributed by atoms with Crippen LogP contribution in [0.2, 0.25) is 0 Å². The average Bonchev–Trinajstić information content (AvgIpc) is 2.97. The van der Waals surface area contributed by atoms with E-state index < -0.39 is 0 Å². The van der Waals surface area contributed by atoms with Crippen molar-refractivity contribution in [3.63, 3.8) is 0 Å². The minimum atomic E-state index is 0.605. The van der Waals surface area contributed by atoms with Crippen LogP contribution in [-0.2, 0) is 11.3 Å². The van der Waals surface area contributed by atoms with Crippen molar-refractivity contribution in [2.45, 2.75) is 16.7 Å². The highest BCUT2D eigenvalue weighted by Gasteiger charge is 2.15. The van der Waals surface area contributed by atoms with Gasteiger partial charge in [-0.25, -0.2) is 4.98 Å². The number of hydrogen-bond donors (Lipinski definition) is 0. The van der Waals surface area contributed by atoms with Crippen molar-refractivity contribution in [2.24, 2.45) is 0 Å². The summed E-state index contributed by atoms with van der Waals surface area (Å²) in [6.07, 6.45) is 1.77. The summed E-state index contributed by atoms with van der Waals surface area (Å²) < 4.78 is 7.28. The third kappa shape index (κ3) is 3.35. The summed E-state index contributed by atoms with van der Waals surface area (Å²) in [7, 11) is 1.69. The van der Waals surface area contributed by atoms with Gasteiger partial charge in [0.2, 0.25) is 0 Å². The molecule has 0 fully saturated rings. The monoisotopic (exact) mass is 312 g/mol. The molecule has 0 radical (unpaired) electrons. The first-order chi connectivity index (χ1) is 10.9. The van der Waals surface area contributed by atoms with Gasteiger partial charge in [0.1, 0.15) is 5.03 Å². The zero-order chi connectivity index (χ0) is 15.2. The molecule has 0 aliphatic rings. The number of nitrogens with zero attached hydrogens (tertiary/aromatic N) is 4. The molecule has 0 aliphatic carbocycles. The zero-order valence-corrected chi connectivity index (χ0v) is 13.0. The van der Waals surface area contributed by atoms with Crippen LogP contribution in [0.3, 0.4) is 0 Å². The summed E-state index contributed by atoms with van der Waals surface area (Å²) in [6, 6.07) is 15.9. The molecule has 3 aromatic rings. The van der Waals surface area contributed by atoms with E-state index in [1.165, 1.54) is 11.8 Å². The van der Waals surface area contributed by atoms with Crippen LogP contribution < -0.4 is 0 Å². The Balaban J connectivity index is 1.94. The van der Waals surface area contributed by atoms with Gasteiger partial charge >= 0.3 is 0 Å². The Kier molecular flexibility index (Phi) is 4.82. The molecule has 0 amide bonds. The molecule has 0 saturated heterocycles. The molecule has 1 aromatic carbocycles. The normalized spacial score (nSPS) is 10.8. The fourth-order valence-electron chi connectivity index (χ4n) is 2.05. The van der Waals surface area contributed by atoms with Gasteiger partial charge in [-0.05, 0) is 23.9 Å². The van der Waals surface area contributed by atoms with E-state index in [9.17, 15) is 0 Å². The van der Waals surface area contributed by atoms with Crippen molar-refractivity contribution < 1.29 is 4.74 Å². The topological polar surface area (TPSA) is 52.8 Å². The van der Waals surface area contributed by atoms with Gasteiger partial charge in [0.25, 0.3) is 0 Å². The highest BCUT2D eigenvalue weighted by molar-refractivity contribution is 7.99. The molecular weight excluding hydrogens is 296 g/mol. The number of rotatable bonds is 6. The van der Waals surface area contributed by atoms with Crippen LogP contribution in [0.25, 0.3) is 11.4 Å². The Morgan fingerprint density at radius 3 is 2.59 bits per heavy atom. The largest absolute Gasteiger partial charge is 0.383 e. The molecule has 112 valence electrons. The van der Waals surface area contributed by atoms with E-state index >= 15 is 0 Å². The quantitative estimate of drug-likeness (QED) is 0.700. The molecule has 2 heterocycles. The Morgan fingerprint density at radius 1 is 1.05 bits per heavy atom. The maximum atomic E-state index is 5.21. The third-order valence-electron chi connectivity index (χ3n) is 3.10. The second kappa shape index (κ2) is 7.20. The van der Waals surface area contributed by atoms with Gasteiger partial charge in [-0.3, -0.25) is 4.57 Å². The number of benzene rings is 1. The number of pyridine rings is 1. The standard InChI is InChI=1S/C16H16N4OS/c1-21-12-11-20-15(13-7-3-2-4-8-13)18-19-16(20)22-14-9-5-6-10-17-14/h2-10H,11-12H2,1H3. The Morgan fingerprint density at radius 2 is 1.86 bits per heavy atom. The third-order valence-corrected chi connectivity index (χ3v) is 4.04. The zero-order valence-electron chi connectivity index (χ0n) is 12.2. The Labute approximate surface area is 133 Å². The minimum Gasteiger partial charge on any atom is -0.383 e. The second-order valence-electron chi connectivity index (χ2n) is 4.59. The first-order valence-corrected chi connectivity index (χ1v) is 7.76. The van der Waals surface area contributed by atoms with Crippen molar-refractivity contribution in [1.29, 1.82) is 0 Å². The van der Waals surface area contributed by atoms with E-state index in [4.69, 9.17) is 4.74 Å². The Bertz CT molecular complexity index is 716. The highest BCUT2D eigenvalue weighted by Crippen LogP contribution is 2.28. The van der Waals surface area contributed by atoms with Crippen molar-refractivity contribution in [1.82, 2.24) is 19.7 Å². The average molecular weight is 312 g/mol. The van der Waals surface area contributed by atoms with Crippen LogP contribution >= 0.6 is 11.8 Å². The summed E-state index contributed by atoms with van der Waals surface area (Å²) in [6.45, 7) is 1.30. The van der Waals surface area contributed by atoms with Gasteiger partial charge in [-0.1, -0.05) is 36.4 Å². The number of methoxy groups -OCH3 is 1. The van der Waals surface area contributed by atoms with Crippen LogP contribution in [0.5, 0.6) is 0 Å². The molecule has 0 saturated carbocycles. The summed E-state index contributed by atoms with van der Waals surface area (Å²) in [5.74, 6) is 0.844. The summed E-state index contributed by atoms with van der Waals surface area (Å²) in [5, 5.41) is 10.4. The van der Waals surface area contributed by atoms with Crippen molar-refractivity contribution in [3.8, 4) is 11.4 Å². The molecule has 6 heteroatoms. The molecule has 0 aliphatic heterocycles. The predicted molar refractivity (Wildman–Crippen MR) is 85.7 cm³/mol. The van der Waals surface area contributed by atoms with Crippen molar-refractivity contribution in [2.75, 3.05) is 13.7 Å². The number of aromatic nitrogens is 4. The minimum absolute atomic E-state index is 0.605. The van der Waals surface area contributed by atoms with E-state index in [0.29, 0.717) is 13.2 Å². The smallest absolute Gasteiger partial charge is 0.197 e. The molecule has 3 rings (SSSR count).